The van der Waals surface area contributed by atoms with Crippen molar-refractivity contribution in [2.45, 2.75) is 93.2 Å². The van der Waals surface area contributed by atoms with Crippen molar-refractivity contribution in [3.05, 3.63) is 35.1 Å². The molecule has 18 nitrogen and oxygen atoms in total. The van der Waals surface area contributed by atoms with Gasteiger partial charge in [-0.05, 0) is 58.0 Å². The van der Waals surface area contributed by atoms with Gasteiger partial charge in [0, 0.05) is 18.0 Å². The Morgan fingerprint density at radius 1 is 0.960 bits per heavy atom. The molecule has 0 amide bonds. The normalized spacial score (nSPS) is 27.5. The number of ether oxygens (including phenoxy) is 6. The van der Waals surface area contributed by atoms with Crippen LogP contribution in [0.25, 0.3) is 0 Å². The summed E-state index contributed by atoms with van der Waals surface area (Å²) in [6, 6.07) is 3.35. The fraction of sp³-hybridized carbons (Fsp3) is 0.562. The van der Waals surface area contributed by atoms with E-state index in [0.29, 0.717) is 30.9 Å². The summed E-state index contributed by atoms with van der Waals surface area (Å²) in [5.74, 6) is -8.64. The first-order valence-corrected chi connectivity index (χ1v) is 15.6. The Bertz CT molecular complexity index is 1640. The van der Waals surface area contributed by atoms with Gasteiger partial charge in [0.25, 0.3) is 0 Å². The highest BCUT2D eigenvalue weighted by molar-refractivity contribution is 5.89. The molecule has 50 heavy (non-hydrogen) atoms. The minimum absolute atomic E-state index is 0.0199. The van der Waals surface area contributed by atoms with Crippen LogP contribution in [-0.2, 0) is 59.6 Å². The molecule has 4 aliphatic rings. The van der Waals surface area contributed by atoms with Crippen molar-refractivity contribution in [1.82, 2.24) is 4.90 Å². The van der Waals surface area contributed by atoms with Crippen LogP contribution in [0.3, 0.4) is 0 Å². The van der Waals surface area contributed by atoms with Gasteiger partial charge in [-0.15, -0.1) is 0 Å². The van der Waals surface area contributed by atoms with Crippen molar-refractivity contribution in [3.8, 4) is 11.5 Å². The van der Waals surface area contributed by atoms with Crippen LogP contribution in [0.5, 0.6) is 11.5 Å². The molecule has 1 spiro atoms. The molecule has 5 rings (SSSR count). The summed E-state index contributed by atoms with van der Waals surface area (Å²) < 4.78 is 32.1. The van der Waals surface area contributed by atoms with E-state index in [1.165, 1.54) is 13.2 Å². The number of aliphatic hydroxyl groups excluding tert-OH is 2. The van der Waals surface area contributed by atoms with Gasteiger partial charge in [-0.1, -0.05) is 6.07 Å². The zero-order valence-corrected chi connectivity index (χ0v) is 27.4. The Hall–Kier alpha value is -4.78. The van der Waals surface area contributed by atoms with E-state index in [1.807, 2.05) is 13.1 Å². The number of hydrogen-bond acceptors (Lipinski definition) is 16. The van der Waals surface area contributed by atoms with Gasteiger partial charge in [0.05, 0.1) is 24.5 Å². The van der Waals surface area contributed by atoms with Crippen LogP contribution in [0, 0.1) is 0 Å². The third-order valence-corrected chi connectivity index (χ3v) is 9.72. The maximum absolute atomic E-state index is 13.4. The van der Waals surface area contributed by atoms with E-state index in [2.05, 4.69) is 9.64 Å². The number of carbonyl (C=O) groups is 6. The van der Waals surface area contributed by atoms with E-state index < -0.39 is 89.9 Å². The number of aliphatic hydroxyl groups is 3. The molecule has 1 fully saturated rings. The van der Waals surface area contributed by atoms with Gasteiger partial charge in [0.2, 0.25) is 6.10 Å². The molecular weight excluding hydrogens is 670 g/mol. The Morgan fingerprint density at radius 3 is 2.28 bits per heavy atom. The number of methoxy groups -OCH3 is 1. The number of aliphatic carboxylic acids is 2. The van der Waals surface area contributed by atoms with Crippen molar-refractivity contribution >= 4 is 35.8 Å². The zero-order chi connectivity index (χ0) is 36.9. The van der Waals surface area contributed by atoms with E-state index >= 15 is 0 Å². The Kier molecular flexibility index (Phi) is 9.86. The Balaban J connectivity index is 1.39. The van der Waals surface area contributed by atoms with Gasteiger partial charge in [-0.2, -0.15) is 0 Å². The van der Waals surface area contributed by atoms with Crippen LogP contribution in [0.4, 0.5) is 0 Å². The molecule has 1 aromatic carbocycles. The van der Waals surface area contributed by atoms with Gasteiger partial charge >= 0.3 is 35.8 Å². The van der Waals surface area contributed by atoms with Gasteiger partial charge in [0.1, 0.15) is 5.76 Å². The number of hydrogen-bond donors (Lipinski definition) is 5. The van der Waals surface area contributed by atoms with Gasteiger partial charge in [-0.3, -0.25) is 4.79 Å². The SMILES string of the molecule is COc1ccc2c3c1O[C@H]1C(OC(=O)C[C@H](OC(=O)[C@H](O)[C@@H](O)C(=O)O)C(=O)O[C@@H](C)C(=O)O[C@@H](C)C(=O)O)=CC[C@@]4(O)[C@H](C2)N(C)CC[C@]314. The van der Waals surface area contributed by atoms with Crippen LogP contribution >= 0.6 is 0 Å². The molecule has 1 saturated heterocycles. The second kappa shape index (κ2) is 13.5. The zero-order valence-electron chi connectivity index (χ0n) is 27.4. The first kappa shape index (κ1) is 36.5. The Labute approximate surface area is 284 Å². The molecule has 0 radical (unpaired) electrons. The van der Waals surface area contributed by atoms with E-state index in [0.717, 1.165) is 25.0 Å². The average Bonchev–Trinajstić information content (AvgIpc) is 3.42. The van der Waals surface area contributed by atoms with Gasteiger partial charge in [-0.25, -0.2) is 24.0 Å². The molecule has 0 aromatic heterocycles. The number of rotatable bonds is 13. The van der Waals surface area contributed by atoms with Crippen LogP contribution in [0.1, 0.15) is 44.2 Å². The smallest absolute Gasteiger partial charge is 0.348 e. The minimum Gasteiger partial charge on any atom is -0.493 e. The summed E-state index contributed by atoms with van der Waals surface area (Å²) in [6.07, 6.45) is -10.7. The van der Waals surface area contributed by atoms with E-state index in [9.17, 15) is 44.1 Å². The fourth-order valence-corrected chi connectivity index (χ4v) is 7.18. The number of likely N-dealkylation sites (N-methyl/N-ethyl adjacent to an activating group) is 1. The third-order valence-electron chi connectivity index (χ3n) is 9.72. The van der Waals surface area contributed by atoms with Crippen LogP contribution in [0.15, 0.2) is 24.0 Å². The quantitative estimate of drug-likeness (QED) is 0.116. The van der Waals surface area contributed by atoms with Crippen LogP contribution in [-0.4, -0.2) is 135 Å². The van der Waals surface area contributed by atoms with E-state index in [1.54, 1.807) is 6.07 Å². The molecule has 9 atom stereocenters. The lowest BCUT2D eigenvalue weighted by atomic mass is 9.50. The second-order valence-electron chi connectivity index (χ2n) is 12.6. The summed E-state index contributed by atoms with van der Waals surface area (Å²) in [6.45, 7) is 2.61. The molecule has 18 heteroatoms. The second-order valence-corrected chi connectivity index (χ2v) is 12.6. The van der Waals surface area contributed by atoms with Crippen LogP contribution in [0.2, 0.25) is 0 Å². The standard InChI is InChI=1S/C32H37NO17/c1-13(26(37)38)46-28(41)14(2)47-29(42)18(49-30(43)23(36)22(35)27(39)40)12-20(34)48-17-7-8-32(44)19-11-15-5-6-16(45-4)24-21(15)31(32,25(17)50-24)9-10-33(19)3/h5-7,13-14,18-19,22-23,25,35-36,44H,8-12H2,1-4H3,(H,37,38)(H,39,40)/t13-,14-,18-,19-,22+,23+,25-,31-,32+/m0/s1. The number of carboxylic acid groups (broad SMARTS) is 2. The number of benzene rings is 1. The summed E-state index contributed by atoms with van der Waals surface area (Å²) >= 11 is 0. The highest BCUT2D eigenvalue weighted by Gasteiger charge is 2.72. The molecule has 1 aromatic rings. The van der Waals surface area contributed by atoms with Crippen molar-refractivity contribution < 1.29 is 82.7 Å². The lowest BCUT2D eigenvalue weighted by Crippen LogP contribution is -2.74. The van der Waals surface area contributed by atoms with Crippen molar-refractivity contribution in [1.29, 1.82) is 0 Å². The third kappa shape index (κ3) is 6.01. The molecule has 272 valence electrons. The summed E-state index contributed by atoms with van der Waals surface area (Å²) in [5, 5.41) is 49.8. The average molecular weight is 708 g/mol. The van der Waals surface area contributed by atoms with E-state index in [-0.39, 0.29) is 18.2 Å². The molecular formula is C32H37NO17. The minimum atomic E-state index is -2.70. The largest absolute Gasteiger partial charge is 0.493 e. The lowest BCUT2D eigenvalue weighted by Gasteiger charge is -2.61. The first-order valence-electron chi connectivity index (χ1n) is 15.6. The van der Waals surface area contributed by atoms with Crippen LogP contribution < -0.4 is 9.47 Å². The van der Waals surface area contributed by atoms with Crippen molar-refractivity contribution in [2.75, 3.05) is 20.7 Å². The number of piperidine rings is 1. The molecule has 2 aliphatic heterocycles. The van der Waals surface area contributed by atoms with Crippen molar-refractivity contribution in [3.63, 3.8) is 0 Å². The fourth-order valence-electron chi connectivity index (χ4n) is 7.18. The lowest BCUT2D eigenvalue weighted by molar-refractivity contribution is -0.188. The maximum atomic E-state index is 13.4. The molecule has 2 bridgehead atoms. The number of nitrogens with zero attached hydrogens (tertiary/aromatic N) is 1. The number of likely N-dealkylation sites (tertiary alicyclic amines) is 1. The first-order chi connectivity index (χ1) is 23.5. The van der Waals surface area contributed by atoms with Gasteiger partial charge in [0.15, 0.2) is 42.0 Å². The topological polar surface area (TPSA) is 262 Å². The van der Waals surface area contributed by atoms with Crippen molar-refractivity contribution in [2.24, 2.45) is 0 Å². The number of carbonyl (C=O) groups excluding carboxylic acids is 4. The molecule has 2 heterocycles. The molecule has 0 saturated carbocycles. The molecule has 2 aliphatic carbocycles. The summed E-state index contributed by atoms with van der Waals surface area (Å²) in [4.78, 5) is 75.5. The van der Waals surface area contributed by atoms with Gasteiger partial charge < -0.3 is 58.9 Å². The number of carboxylic acids is 2. The predicted molar refractivity (Wildman–Crippen MR) is 160 cm³/mol. The van der Waals surface area contributed by atoms with E-state index in [4.69, 9.17) is 33.9 Å². The molecule has 0 unspecified atom stereocenters. The summed E-state index contributed by atoms with van der Waals surface area (Å²) in [5.41, 5.74) is -0.720. The highest BCUT2D eigenvalue weighted by atomic mass is 16.6. The monoisotopic (exact) mass is 707 g/mol. The number of esters is 4. The maximum Gasteiger partial charge on any atom is 0.348 e. The highest BCUT2D eigenvalue weighted by Crippen LogP contribution is 2.65. The predicted octanol–water partition coefficient (Wildman–Crippen LogP) is -1.43. The molecule has 5 N–H and O–H groups in total. The Morgan fingerprint density at radius 2 is 1.64 bits per heavy atom. The summed E-state index contributed by atoms with van der Waals surface area (Å²) in [7, 11) is 3.37.